The summed E-state index contributed by atoms with van der Waals surface area (Å²) < 4.78 is 2.06. The third-order valence-corrected chi connectivity index (χ3v) is 6.05. The van der Waals surface area contributed by atoms with Crippen LogP contribution in [0.3, 0.4) is 0 Å². The van der Waals surface area contributed by atoms with Crippen LogP contribution in [0.15, 0.2) is 54.7 Å². The molecule has 2 atom stereocenters. The Balaban J connectivity index is 1.54. The second-order valence-corrected chi connectivity index (χ2v) is 7.39. The van der Waals surface area contributed by atoms with Crippen LogP contribution in [0.1, 0.15) is 40.2 Å². The summed E-state index contributed by atoms with van der Waals surface area (Å²) in [4.78, 5) is 15.6. The minimum absolute atomic E-state index is 0.194. The molecule has 0 N–H and O–H groups in total. The van der Waals surface area contributed by atoms with Gasteiger partial charge in [0.1, 0.15) is 0 Å². The van der Waals surface area contributed by atoms with Crippen LogP contribution in [0.2, 0.25) is 0 Å². The van der Waals surface area contributed by atoms with E-state index in [-0.39, 0.29) is 5.91 Å². The summed E-state index contributed by atoms with van der Waals surface area (Å²) in [7, 11) is 2.02. The summed E-state index contributed by atoms with van der Waals surface area (Å²) in [6.45, 7) is 0.872. The highest BCUT2D eigenvalue weighted by Gasteiger charge is 2.41. The number of likely N-dealkylation sites (tertiary alicyclic amines) is 1. The van der Waals surface area contributed by atoms with Crippen molar-refractivity contribution in [1.82, 2.24) is 9.47 Å². The van der Waals surface area contributed by atoms with E-state index >= 15 is 0 Å². The van der Waals surface area contributed by atoms with E-state index in [2.05, 4.69) is 45.9 Å². The highest BCUT2D eigenvalue weighted by molar-refractivity contribution is 6.07. The lowest BCUT2D eigenvalue weighted by atomic mass is 9.88. The van der Waals surface area contributed by atoms with Gasteiger partial charge in [0.15, 0.2) is 0 Å². The number of carbonyl (C=O) groups excluding carboxylic acids is 1. The van der Waals surface area contributed by atoms with Gasteiger partial charge in [-0.1, -0.05) is 42.5 Å². The van der Waals surface area contributed by atoms with Crippen molar-refractivity contribution in [2.75, 3.05) is 6.54 Å². The van der Waals surface area contributed by atoms with Crippen molar-refractivity contribution in [3.05, 3.63) is 71.4 Å². The van der Waals surface area contributed by atoms with Gasteiger partial charge in [-0.15, -0.1) is 0 Å². The molecule has 3 nitrogen and oxygen atoms in total. The molecular formula is C22H22N2O. The smallest absolute Gasteiger partial charge is 0.256 e. The number of rotatable bonds is 1. The Bertz CT molecular complexity index is 971. The summed E-state index contributed by atoms with van der Waals surface area (Å²) in [5.74, 6) is 0.697. The zero-order valence-electron chi connectivity index (χ0n) is 14.5. The first kappa shape index (κ1) is 14.8. The molecule has 2 aromatic carbocycles. The van der Waals surface area contributed by atoms with Crippen molar-refractivity contribution >= 4 is 16.8 Å². The molecular weight excluding hydrogens is 308 g/mol. The van der Waals surface area contributed by atoms with Crippen LogP contribution in [0, 0.1) is 0 Å². The van der Waals surface area contributed by atoms with Crippen LogP contribution in [0.25, 0.3) is 10.9 Å². The Labute approximate surface area is 147 Å². The van der Waals surface area contributed by atoms with Crippen molar-refractivity contribution in [2.24, 2.45) is 7.05 Å². The lowest BCUT2D eigenvalue weighted by Gasteiger charge is -2.38. The summed E-state index contributed by atoms with van der Waals surface area (Å²) in [6, 6.07) is 17.2. The largest absolute Gasteiger partial charge is 0.350 e. The molecule has 126 valence electrons. The number of benzene rings is 2. The van der Waals surface area contributed by atoms with E-state index in [1.807, 2.05) is 25.4 Å². The Morgan fingerprint density at radius 2 is 1.88 bits per heavy atom. The predicted octanol–water partition coefficient (Wildman–Crippen LogP) is 4.12. The summed E-state index contributed by atoms with van der Waals surface area (Å²) in [5, 5.41) is 1.06. The van der Waals surface area contributed by atoms with Gasteiger partial charge < -0.3 is 9.47 Å². The van der Waals surface area contributed by atoms with Gasteiger partial charge in [0.25, 0.3) is 5.91 Å². The van der Waals surface area contributed by atoms with E-state index in [9.17, 15) is 4.79 Å². The van der Waals surface area contributed by atoms with Gasteiger partial charge in [-0.05, 0) is 36.5 Å². The fraction of sp³-hybridized carbons (Fsp3) is 0.318. The number of piperidine rings is 1. The zero-order valence-corrected chi connectivity index (χ0v) is 14.5. The van der Waals surface area contributed by atoms with E-state index in [1.165, 1.54) is 17.5 Å². The van der Waals surface area contributed by atoms with E-state index in [0.717, 1.165) is 35.9 Å². The van der Waals surface area contributed by atoms with Gasteiger partial charge in [0.05, 0.1) is 5.56 Å². The topological polar surface area (TPSA) is 25.2 Å². The van der Waals surface area contributed by atoms with Crippen molar-refractivity contribution in [3.8, 4) is 0 Å². The molecule has 2 unspecified atom stereocenters. The first-order valence-corrected chi connectivity index (χ1v) is 9.17. The zero-order chi connectivity index (χ0) is 17.0. The molecule has 0 saturated carbocycles. The standard InChI is InChI=1S/C22H22N2O/c1-23-14-19(18-9-4-5-11-20(18)23)22(25)24-12-6-10-17-16-8-3-2-7-15(16)13-21(17)24/h2-5,7-9,11,14,17,21H,6,10,12-13H2,1H3. The van der Waals surface area contributed by atoms with E-state index < -0.39 is 0 Å². The lowest BCUT2D eigenvalue weighted by Crippen LogP contribution is -2.46. The van der Waals surface area contributed by atoms with Gasteiger partial charge in [-0.3, -0.25) is 4.79 Å². The lowest BCUT2D eigenvalue weighted by molar-refractivity contribution is 0.0597. The van der Waals surface area contributed by atoms with Gasteiger partial charge in [0.2, 0.25) is 0 Å². The van der Waals surface area contributed by atoms with Crippen molar-refractivity contribution in [1.29, 1.82) is 0 Å². The minimum Gasteiger partial charge on any atom is -0.350 e. The molecule has 0 bridgehead atoms. The minimum atomic E-state index is 0.194. The monoisotopic (exact) mass is 330 g/mol. The number of hydrogen-bond donors (Lipinski definition) is 0. The molecule has 1 aliphatic carbocycles. The molecule has 5 rings (SSSR count). The molecule has 0 spiro atoms. The molecule has 1 amide bonds. The van der Waals surface area contributed by atoms with Crippen LogP contribution < -0.4 is 0 Å². The highest BCUT2D eigenvalue weighted by atomic mass is 16.2. The van der Waals surface area contributed by atoms with Gasteiger partial charge >= 0.3 is 0 Å². The van der Waals surface area contributed by atoms with Crippen molar-refractivity contribution in [3.63, 3.8) is 0 Å². The SMILES string of the molecule is Cn1cc(C(=O)N2CCCC3c4ccccc4CC32)c2ccccc21. The summed E-state index contributed by atoms with van der Waals surface area (Å²) >= 11 is 0. The average molecular weight is 330 g/mol. The highest BCUT2D eigenvalue weighted by Crippen LogP contribution is 2.42. The van der Waals surface area contributed by atoms with Gasteiger partial charge in [0, 0.05) is 42.7 Å². The van der Waals surface area contributed by atoms with E-state index in [4.69, 9.17) is 0 Å². The quantitative estimate of drug-likeness (QED) is 0.659. The number of hydrogen-bond acceptors (Lipinski definition) is 1. The number of fused-ring (bicyclic) bond motifs is 4. The van der Waals surface area contributed by atoms with Gasteiger partial charge in [-0.25, -0.2) is 0 Å². The Morgan fingerprint density at radius 3 is 2.80 bits per heavy atom. The Kier molecular flexibility index (Phi) is 3.24. The van der Waals surface area contributed by atoms with Crippen LogP contribution in [-0.2, 0) is 13.5 Å². The third kappa shape index (κ3) is 2.15. The van der Waals surface area contributed by atoms with Crippen LogP contribution in [0.5, 0.6) is 0 Å². The molecule has 3 heteroatoms. The molecule has 2 aliphatic rings. The Morgan fingerprint density at radius 1 is 1.08 bits per heavy atom. The summed E-state index contributed by atoms with van der Waals surface area (Å²) in [6.07, 6.45) is 5.28. The number of para-hydroxylation sites is 1. The molecule has 1 aromatic heterocycles. The second kappa shape index (κ2) is 5.48. The Hall–Kier alpha value is -2.55. The molecule has 1 fully saturated rings. The maximum Gasteiger partial charge on any atom is 0.256 e. The predicted molar refractivity (Wildman–Crippen MR) is 99.9 cm³/mol. The molecule has 1 aliphatic heterocycles. The maximum atomic E-state index is 13.4. The molecule has 25 heavy (non-hydrogen) atoms. The van der Waals surface area contributed by atoms with E-state index in [0.29, 0.717) is 12.0 Å². The normalized spacial score (nSPS) is 22.0. The third-order valence-electron chi connectivity index (χ3n) is 6.05. The first-order chi connectivity index (χ1) is 12.2. The number of aryl methyl sites for hydroxylation is 1. The van der Waals surface area contributed by atoms with Crippen LogP contribution in [0.4, 0.5) is 0 Å². The van der Waals surface area contributed by atoms with Gasteiger partial charge in [-0.2, -0.15) is 0 Å². The fourth-order valence-corrected chi connectivity index (χ4v) is 4.90. The number of aromatic nitrogens is 1. The molecule has 3 aromatic rings. The van der Waals surface area contributed by atoms with Crippen molar-refractivity contribution < 1.29 is 4.79 Å². The molecule has 0 radical (unpaired) electrons. The maximum absolute atomic E-state index is 13.4. The number of nitrogens with zero attached hydrogens (tertiary/aromatic N) is 2. The molecule has 1 saturated heterocycles. The van der Waals surface area contributed by atoms with E-state index in [1.54, 1.807) is 0 Å². The number of amides is 1. The number of carbonyl (C=O) groups is 1. The second-order valence-electron chi connectivity index (χ2n) is 7.39. The molecule has 2 heterocycles. The fourth-order valence-electron chi connectivity index (χ4n) is 4.90. The average Bonchev–Trinajstić information content (AvgIpc) is 3.19. The van der Waals surface area contributed by atoms with Crippen molar-refractivity contribution in [2.45, 2.75) is 31.2 Å². The first-order valence-electron chi connectivity index (χ1n) is 9.17. The van der Waals surface area contributed by atoms with Crippen LogP contribution >= 0.6 is 0 Å². The summed E-state index contributed by atoms with van der Waals surface area (Å²) in [5.41, 5.74) is 4.85. The van der Waals surface area contributed by atoms with Crippen LogP contribution in [-0.4, -0.2) is 28.0 Å².